The summed E-state index contributed by atoms with van der Waals surface area (Å²) in [5.41, 5.74) is 0. The Bertz CT molecular complexity index is 960. The second-order valence-electron chi connectivity index (χ2n) is 18.8. The van der Waals surface area contributed by atoms with E-state index in [0.717, 1.165) is 50.7 Å². The number of carbonyl (C=O) groups excluding carboxylic acids is 4. The molecule has 0 rings (SSSR count). The zero-order valence-corrected chi connectivity index (χ0v) is 48.9. The van der Waals surface area contributed by atoms with Crippen molar-refractivity contribution in [3.63, 3.8) is 0 Å². The van der Waals surface area contributed by atoms with Crippen molar-refractivity contribution in [2.75, 3.05) is 13.2 Å². The van der Waals surface area contributed by atoms with Crippen LogP contribution in [-0.4, -0.2) is 61.0 Å². The molecule has 69 heavy (non-hydrogen) atoms. The molecule has 0 fully saturated rings. The molecule has 0 N–H and O–H groups in total. The van der Waals surface area contributed by atoms with Crippen LogP contribution < -0.4 is 10.2 Å². The number of carboxylic acids is 2. The maximum atomic E-state index is 11.0. The van der Waals surface area contributed by atoms with Crippen molar-refractivity contribution in [1.82, 2.24) is 0 Å². The molecule has 0 heterocycles. The summed E-state index contributed by atoms with van der Waals surface area (Å²) < 4.78 is 9.73. The second kappa shape index (κ2) is 72.7. The molecule has 404 valence electrons. The van der Waals surface area contributed by atoms with E-state index in [4.69, 9.17) is 9.47 Å². The first-order valence-corrected chi connectivity index (χ1v) is 28.9. The first-order chi connectivity index (χ1) is 33.2. The Morgan fingerprint density at radius 1 is 0.304 bits per heavy atom. The largest absolute Gasteiger partial charge is 2.00 e. The summed E-state index contributed by atoms with van der Waals surface area (Å²) in [4.78, 5) is 42.3. The number of hydrogen-bond acceptors (Lipinski definition) is 8. The minimum atomic E-state index is -1.39. The van der Waals surface area contributed by atoms with Gasteiger partial charge in [0.2, 0.25) is 0 Å². The molecule has 0 saturated carbocycles. The van der Waals surface area contributed by atoms with Crippen LogP contribution in [0, 0.1) is 13.8 Å². The molecule has 0 amide bonds. The summed E-state index contributed by atoms with van der Waals surface area (Å²) >= 11 is 0. The van der Waals surface area contributed by atoms with Crippen LogP contribution in [0.15, 0.2) is 24.3 Å². The normalized spacial score (nSPS) is 10.6. The van der Waals surface area contributed by atoms with Crippen LogP contribution in [0.4, 0.5) is 0 Å². The Balaban J connectivity index is -0.000000273. The second-order valence-corrected chi connectivity index (χ2v) is 18.8. The topological polar surface area (TPSA) is 133 Å². The molecule has 0 aliphatic carbocycles. The molecule has 0 saturated heterocycles. The zero-order chi connectivity index (χ0) is 51.1. The number of ether oxygens (including phenoxy) is 2. The van der Waals surface area contributed by atoms with E-state index in [9.17, 15) is 29.4 Å². The molecule has 0 aromatic heterocycles. The van der Waals surface area contributed by atoms with E-state index in [0.29, 0.717) is 25.4 Å². The maximum Gasteiger partial charge on any atom is 2.00 e. The van der Waals surface area contributed by atoms with Gasteiger partial charge in [-0.05, 0) is 25.0 Å². The Kier molecular flexibility index (Phi) is 80.2. The third-order valence-electron chi connectivity index (χ3n) is 11.9. The van der Waals surface area contributed by atoms with Gasteiger partial charge in [0, 0.05) is 12.2 Å². The van der Waals surface area contributed by atoms with E-state index >= 15 is 0 Å². The Labute approximate surface area is 445 Å². The van der Waals surface area contributed by atoms with Crippen molar-refractivity contribution >= 4 is 47.8 Å². The summed E-state index contributed by atoms with van der Waals surface area (Å²) in [6.45, 7) is 17.4. The van der Waals surface area contributed by atoms with Gasteiger partial charge < -0.3 is 29.3 Å². The molecule has 0 spiro atoms. The minimum Gasteiger partial charge on any atom is -0.545 e. The first kappa shape index (κ1) is 76.1. The Morgan fingerprint density at radius 2 is 0.478 bits per heavy atom. The van der Waals surface area contributed by atoms with Crippen molar-refractivity contribution < 1.29 is 38.9 Å². The molecular weight excluding hydrogens is 967 g/mol. The fourth-order valence-electron chi connectivity index (χ4n) is 7.57. The molecule has 0 unspecified atom stereocenters. The van der Waals surface area contributed by atoms with Crippen molar-refractivity contribution in [2.45, 2.75) is 310 Å². The number of carbonyl (C=O) groups is 4. The van der Waals surface area contributed by atoms with Gasteiger partial charge in [0.05, 0.1) is 25.2 Å². The Hall–Kier alpha value is -1.84. The van der Waals surface area contributed by atoms with E-state index in [1.54, 1.807) is 0 Å². The summed E-state index contributed by atoms with van der Waals surface area (Å²) in [7, 11) is 0. The zero-order valence-electron chi connectivity index (χ0n) is 46.0. The summed E-state index contributed by atoms with van der Waals surface area (Å²) in [6.07, 6.45) is 61.1. The van der Waals surface area contributed by atoms with Crippen molar-refractivity contribution in [2.24, 2.45) is 0 Å². The van der Waals surface area contributed by atoms with Crippen LogP contribution in [0.2, 0.25) is 0 Å². The summed E-state index contributed by atoms with van der Waals surface area (Å²) in [5, 5.41) is 20.2. The molecular formula is C60H112O8Sn. The van der Waals surface area contributed by atoms with Gasteiger partial charge in [-0.25, -0.2) is 9.59 Å². The van der Waals surface area contributed by atoms with Gasteiger partial charge in [-0.2, -0.15) is 0 Å². The number of carboxylic acid groups (broad SMARTS) is 2. The van der Waals surface area contributed by atoms with Gasteiger partial charge in [0.15, 0.2) is 0 Å². The first-order valence-electron chi connectivity index (χ1n) is 28.9. The van der Waals surface area contributed by atoms with Crippen molar-refractivity contribution in [3.05, 3.63) is 38.2 Å². The molecule has 0 atom stereocenters. The molecule has 4 radical (unpaired) electrons. The van der Waals surface area contributed by atoms with Gasteiger partial charge in [-0.15, -0.1) is 0 Å². The smallest absolute Gasteiger partial charge is 0.545 e. The third-order valence-corrected chi connectivity index (χ3v) is 11.9. The fraction of sp³-hybridized carbons (Fsp3) is 0.833. The van der Waals surface area contributed by atoms with Crippen LogP contribution in [0.5, 0.6) is 0 Å². The van der Waals surface area contributed by atoms with Crippen LogP contribution in [0.1, 0.15) is 310 Å². The molecule has 0 aliphatic heterocycles. The van der Waals surface area contributed by atoms with Gasteiger partial charge in [0.1, 0.15) is 0 Å². The summed E-state index contributed by atoms with van der Waals surface area (Å²) in [6, 6.07) is 0. The van der Waals surface area contributed by atoms with E-state index < -0.39 is 23.9 Å². The molecule has 0 aromatic rings. The molecule has 0 bridgehead atoms. The van der Waals surface area contributed by atoms with E-state index in [-0.39, 0.29) is 23.9 Å². The van der Waals surface area contributed by atoms with Crippen LogP contribution >= 0.6 is 0 Å². The molecule has 0 aromatic carbocycles. The van der Waals surface area contributed by atoms with Crippen LogP contribution in [0.3, 0.4) is 0 Å². The van der Waals surface area contributed by atoms with Crippen LogP contribution in [0.25, 0.3) is 0 Å². The van der Waals surface area contributed by atoms with E-state index in [2.05, 4.69) is 41.5 Å². The molecule has 0 aliphatic rings. The fourth-order valence-corrected chi connectivity index (χ4v) is 7.57. The predicted molar refractivity (Wildman–Crippen MR) is 293 cm³/mol. The number of unbranched alkanes of at least 4 members (excludes halogenated alkanes) is 40. The Morgan fingerprint density at radius 3 is 0.652 bits per heavy atom. The average Bonchev–Trinajstić information content (AvgIpc) is 3.33. The van der Waals surface area contributed by atoms with Crippen LogP contribution in [-0.2, 0) is 28.7 Å². The number of rotatable bonds is 48. The van der Waals surface area contributed by atoms with Gasteiger partial charge in [-0.3, -0.25) is 0 Å². The van der Waals surface area contributed by atoms with E-state index in [1.165, 1.54) is 244 Å². The predicted octanol–water partition coefficient (Wildman–Crippen LogP) is 16.2. The van der Waals surface area contributed by atoms with Crippen molar-refractivity contribution in [3.8, 4) is 0 Å². The monoisotopic (exact) mass is 1080 g/mol. The standard InChI is InChI=1S/2C18H32O4.2C12H25.Sn/c2*1-2-3-4-5-6-7-8-9-10-11-12-13-16-22-18(21)15-14-17(19)20;2*1-3-5-7-9-11-12-10-8-6-4-2;/h2*14-15H,2-13,16H2,1H3,(H,19,20);2*1,3-12H2,2H3;/q;;;;+2/p-2/b2*15-14+;;;. The SMILES string of the molecule is CCCCCCCCCCCCCCOC(=O)/C=C/C(=O)[O-].CCCCCCCCCCCCCCOC(=O)/C=C/C(=O)[O-].[CH2]CCCCCCCCCCC.[CH2]CCCCCCCCCCC.[Sn+2]. The van der Waals surface area contributed by atoms with Crippen molar-refractivity contribution in [1.29, 1.82) is 0 Å². The maximum absolute atomic E-state index is 11.0. The minimum absolute atomic E-state index is 0. The van der Waals surface area contributed by atoms with Gasteiger partial charge in [-0.1, -0.05) is 311 Å². The summed E-state index contributed by atoms with van der Waals surface area (Å²) in [5.74, 6) is -4.01. The third kappa shape index (κ3) is 86.4. The molecule has 9 heteroatoms. The number of aliphatic carboxylic acids is 2. The number of esters is 2. The molecule has 8 nitrogen and oxygen atoms in total. The van der Waals surface area contributed by atoms with Gasteiger partial charge >= 0.3 is 35.8 Å². The quantitative estimate of drug-likeness (QED) is 0.0255. The van der Waals surface area contributed by atoms with Gasteiger partial charge in [0.25, 0.3) is 0 Å². The number of hydrogen-bond donors (Lipinski definition) is 0. The average molecular weight is 1080 g/mol. The van der Waals surface area contributed by atoms with E-state index in [1.807, 2.05) is 0 Å².